The van der Waals surface area contributed by atoms with Crippen molar-refractivity contribution in [1.29, 1.82) is 0 Å². The van der Waals surface area contributed by atoms with E-state index in [1.165, 1.54) is 22.4 Å². The Labute approximate surface area is 187 Å². The lowest BCUT2D eigenvalue weighted by Gasteiger charge is -2.34. The van der Waals surface area contributed by atoms with Gasteiger partial charge in [0.1, 0.15) is 0 Å². The minimum absolute atomic E-state index is 0.137. The molecule has 0 aliphatic carbocycles. The fourth-order valence-electron chi connectivity index (χ4n) is 4.60. The van der Waals surface area contributed by atoms with Gasteiger partial charge in [-0.3, -0.25) is 9.69 Å². The van der Waals surface area contributed by atoms with Crippen LogP contribution in [0.15, 0.2) is 48.5 Å². The number of piperidine rings is 1. The Morgan fingerprint density at radius 3 is 2.29 bits per heavy atom. The highest BCUT2D eigenvalue weighted by molar-refractivity contribution is 5.78. The van der Waals surface area contributed by atoms with Gasteiger partial charge in [-0.2, -0.15) is 0 Å². The first kappa shape index (κ1) is 21.8. The summed E-state index contributed by atoms with van der Waals surface area (Å²) in [6.45, 7) is 10.1. The number of likely N-dealkylation sites (N-methyl/N-ethyl adjacent to an activating group) is 1. The monoisotopic (exact) mass is 420 g/mol. The number of nitrogens with zero attached hydrogens (tertiary/aromatic N) is 3. The van der Waals surface area contributed by atoms with Crippen molar-refractivity contribution >= 4 is 11.6 Å². The number of likely N-dealkylation sites (tertiary alicyclic amines) is 1. The van der Waals surface area contributed by atoms with Gasteiger partial charge in [0.25, 0.3) is 0 Å². The normalized spacial score (nSPS) is 18.8. The first-order valence-electron chi connectivity index (χ1n) is 11.7. The van der Waals surface area contributed by atoms with E-state index in [2.05, 4.69) is 82.5 Å². The van der Waals surface area contributed by atoms with Crippen LogP contribution in [0, 0.1) is 12.8 Å². The fraction of sp³-hybridized carbons (Fsp3) is 0.500. The lowest BCUT2D eigenvalue weighted by atomic mass is 9.95. The van der Waals surface area contributed by atoms with E-state index in [9.17, 15) is 4.79 Å². The van der Waals surface area contributed by atoms with Crippen molar-refractivity contribution < 1.29 is 4.79 Å². The zero-order valence-corrected chi connectivity index (χ0v) is 19.0. The Morgan fingerprint density at radius 2 is 1.61 bits per heavy atom. The molecule has 5 heteroatoms. The Kier molecular flexibility index (Phi) is 7.25. The van der Waals surface area contributed by atoms with Crippen LogP contribution in [0.5, 0.6) is 0 Å². The van der Waals surface area contributed by atoms with Crippen molar-refractivity contribution in [3.8, 4) is 0 Å². The minimum Gasteiger partial charge on any atom is -0.369 e. The smallest absolute Gasteiger partial charge is 0.223 e. The van der Waals surface area contributed by atoms with Crippen LogP contribution in [0.4, 0.5) is 5.69 Å². The third kappa shape index (κ3) is 5.86. The molecule has 0 spiro atoms. The molecule has 2 aromatic rings. The molecule has 31 heavy (non-hydrogen) atoms. The van der Waals surface area contributed by atoms with Crippen LogP contribution in [0.1, 0.15) is 29.5 Å². The summed E-state index contributed by atoms with van der Waals surface area (Å²) in [5.41, 5.74) is 5.19. The molecule has 1 N–H and O–H groups in total. The molecule has 5 nitrogen and oxygen atoms in total. The number of hydrogen-bond acceptors (Lipinski definition) is 4. The van der Waals surface area contributed by atoms with Crippen LogP contribution in [0.2, 0.25) is 0 Å². The number of rotatable bonds is 6. The van der Waals surface area contributed by atoms with E-state index in [1.54, 1.807) is 0 Å². The Morgan fingerprint density at radius 1 is 0.935 bits per heavy atom. The number of carbonyl (C=O) groups is 1. The molecule has 2 saturated heterocycles. The average Bonchev–Trinajstić information content (AvgIpc) is 2.80. The number of hydrogen-bond donors (Lipinski definition) is 1. The van der Waals surface area contributed by atoms with Crippen molar-refractivity contribution in [2.24, 2.45) is 5.92 Å². The molecule has 2 aliphatic heterocycles. The number of benzene rings is 2. The first-order valence-corrected chi connectivity index (χ1v) is 11.7. The van der Waals surface area contributed by atoms with Crippen molar-refractivity contribution in [3.05, 3.63) is 65.2 Å². The van der Waals surface area contributed by atoms with E-state index in [0.29, 0.717) is 6.54 Å². The molecule has 2 heterocycles. The molecule has 0 aromatic heterocycles. The van der Waals surface area contributed by atoms with Crippen molar-refractivity contribution in [2.75, 3.05) is 51.2 Å². The number of aryl methyl sites for hydroxylation is 1. The molecule has 0 bridgehead atoms. The van der Waals surface area contributed by atoms with Crippen molar-refractivity contribution in [2.45, 2.75) is 32.9 Å². The first-order chi connectivity index (χ1) is 15.1. The van der Waals surface area contributed by atoms with Gasteiger partial charge >= 0.3 is 0 Å². The van der Waals surface area contributed by atoms with E-state index < -0.39 is 0 Å². The Hall–Kier alpha value is -2.37. The summed E-state index contributed by atoms with van der Waals surface area (Å²) in [5, 5.41) is 3.17. The van der Waals surface area contributed by atoms with Gasteiger partial charge in [0.15, 0.2) is 0 Å². The molecule has 0 saturated carbocycles. The SMILES string of the molecule is Cc1ccccc1CN1CCC(C(=O)NCc2ccc(N3CCN(C)CC3)cc2)CC1. The number of piperazine rings is 1. The largest absolute Gasteiger partial charge is 0.369 e. The van der Waals surface area contributed by atoms with Crippen molar-refractivity contribution in [3.63, 3.8) is 0 Å². The molecule has 166 valence electrons. The topological polar surface area (TPSA) is 38.8 Å². The van der Waals surface area contributed by atoms with Gasteiger partial charge in [-0.15, -0.1) is 0 Å². The zero-order valence-electron chi connectivity index (χ0n) is 19.0. The summed E-state index contributed by atoms with van der Waals surface area (Å²) < 4.78 is 0. The second-order valence-corrected chi connectivity index (χ2v) is 9.15. The number of carbonyl (C=O) groups excluding carboxylic acids is 1. The molecule has 0 unspecified atom stereocenters. The summed E-state index contributed by atoms with van der Waals surface area (Å²) in [7, 11) is 2.18. The average molecular weight is 421 g/mol. The highest BCUT2D eigenvalue weighted by Gasteiger charge is 2.25. The van der Waals surface area contributed by atoms with Gasteiger partial charge in [-0.05, 0) is 68.7 Å². The highest BCUT2D eigenvalue weighted by Crippen LogP contribution is 2.21. The molecule has 4 rings (SSSR count). The van der Waals surface area contributed by atoms with E-state index in [1.807, 2.05) is 0 Å². The van der Waals surface area contributed by atoms with Gasteiger partial charge in [-0.25, -0.2) is 0 Å². The van der Waals surface area contributed by atoms with E-state index in [4.69, 9.17) is 0 Å². The van der Waals surface area contributed by atoms with Crippen LogP contribution in [0.25, 0.3) is 0 Å². The van der Waals surface area contributed by atoms with E-state index in [-0.39, 0.29) is 11.8 Å². The second kappa shape index (κ2) is 10.3. The summed E-state index contributed by atoms with van der Waals surface area (Å²) >= 11 is 0. The molecule has 2 aromatic carbocycles. The van der Waals surface area contributed by atoms with Crippen LogP contribution in [-0.2, 0) is 17.9 Å². The van der Waals surface area contributed by atoms with Gasteiger partial charge in [-0.1, -0.05) is 36.4 Å². The van der Waals surface area contributed by atoms with Crippen LogP contribution >= 0.6 is 0 Å². The highest BCUT2D eigenvalue weighted by atomic mass is 16.1. The molecule has 2 aliphatic rings. The van der Waals surface area contributed by atoms with Crippen LogP contribution in [-0.4, -0.2) is 62.0 Å². The maximum atomic E-state index is 12.7. The van der Waals surface area contributed by atoms with Crippen molar-refractivity contribution in [1.82, 2.24) is 15.1 Å². The molecular formula is C26H36N4O. The lowest BCUT2D eigenvalue weighted by Crippen LogP contribution is -2.44. The third-order valence-corrected chi connectivity index (χ3v) is 6.89. The maximum absolute atomic E-state index is 12.7. The number of anilines is 1. The summed E-state index contributed by atoms with van der Waals surface area (Å²) in [5.74, 6) is 0.344. The van der Waals surface area contributed by atoms with Crippen LogP contribution in [0.3, 0.4) is 0 Å². The minimum atomic E-state index is 0.137. The lowest BCUT2D eigenvalue weighted by molar-refractivity contribution is -0.126. The molecule has 0 atom stereocenters. The maximum Gasteiger partial charge on any atom is 0.223 e. The van der Waals surface area contributed by atoms with Gasteiger partial charge in [0, 0.05) is 50.9 Å². The summed E-state index contributed by atoms with van der Waals surface area (Å²) in [4.78, 5) is 20.0. The summed E-state index contributed by atoms with van der Waals surface area (Å²) in [6.07, 6.45) is 1.89. The summed E-state index contributed by atoms with van der Waals surface area (Å²) in [6, 6.07) is 17.3. The molecule has 2 fully saturated rings. The number of nitrogens with one attached hydrogen (secondary N) is 1. The Balaban J connectivity index is 1.20. The quantitative estimate of drug-likeness (QED) is 0.779. The van der Waals surface area contributed by atoms with Gasteiger partial charge in [0.2, 0.25) is 5.91 Å². The standard InChI is InChI=1S/C26H36N4O/c1-21-5-3-4-6-24(21)20-29-13-11-23(12-14-29)26(31)27-19-22-7-9-25(10-8-22)30-17-15-28(2)16-18-30/h3-10,23H,11-20H2,1-2H3,(H,27,31). The molecular weight excluding hydrogens is 384 g/mol. The van der Waals surface area contributed by atoms with Crippen LogP contribution < -0.4 is 10.2 Å². The van der Waals surface area contributed by atoms with E-state index in [0.717, 1.165) is 58.7 Å². The second-order valence-electron chi connectivity index (χ2n) is 9.15. The number of amides is 1. The third-order valence-electron chi connectivity index (χ3n) is 6.89. The predicted octanol–water partition coefficient (Wildman–Crippen LogP) is 3.28. The van der Waals surface area contributed by atoms with Gasteiger partial charge < -0.3 is 15.1 Å². The Bertz CT molecular complexity index is 850. The van der Waals surface area contributed by atoms with E-state index >= 15 is 0 Å². The molecule has 1 amide bonds. The van der Waals surface area contributed by atoms with Gasteiger partial charge in [0.05, 0.1) is 0 Å². The zero-order chi connectivity index (χ0) is 21.6. The molecule has 0 radical (unpaired) electrons. The predicted molar refractivity (Wildman–Crippen MR) is 127 cm³/mol. The fourth-order valence-corrected chi connectivity index (χ4v) is 4.60.